The molecule has 0 aliphatic carbocycles. The molecule has 0 aliphatic heterocycles. The second-order valence-corrected chi connectivity index (χ2v) is 4.89. The average Bonchev–Trinajstić information content (AvgIpc) is 2.52. The number of urea groups is 1. The lowest BCUT2D eigenvalue weighted by Crippen LogP contribution is -2.48. The standard InChI is InChI=1S/C16H19N3O2/c1-11(15(20)18-16(21)17-2)19(3)14-9-8-12-6-4-5-7-13(12)10-14/h4-11H,1-3H3,(H2,17,18,20,21). The molecule has 0 saturated heterocycles. The minimum Gasteiger partial charge on any atom is -0.363 e. The van der Waals surface area contributed by atoms with Crippen molar-refractivity contribution < 1.29 is 9.59 Å². The van der Waals surface area contributed by atoms with Crippen LogP contribution in [-0.2, 0) is 4.79 Å². The van der Waals surface area contributed by atoms with Gasteiger partial charge in [0.2, 0.25) is 5.91 Å². The zero-order valence-electron chi connectivity index (χ0n) is 12.4. The van der Waals surface area contributed by atoms with Crippen molar-refractivity contribution in [3.05, 3.63) is 42.5 Å². The number of imide groups is 1. The number of likely N-dealkylation sites (N-methyl/N-ethyl adjacent to an activating group) is 1. The van der Waals surface area contributed by atoms with Crippen molar-refractivity contribution in [2.24, 2.45) is 0 Å². The Morgan fingerprint density at radius 1 is 1.10 bits per heavy atom. The van der Waals surface area contributed by atoms with Crippen LogP contribution in [0.1, 0.15) is 6.92 Å². The van der Waals surface area contributed by atoms with Crippen LogP contribution in [0.5, 0.6) is 0 Å². The molecule has 0 aromatic heterocycles. The Morgan fingerprint density at radius 3 is 2.43 bits per heavy atom. The van der Waals surface area contributed by atoms with E-state index in [-0.39, 0.29) is 5.91 Å². The van der Waals surface area contributed by atoms with Gasteiger partial charge in [0.05, 0.1) is 0 Å². The van der Waals surface area contributed by atoms with Gasteiger partial charge in [0.15, 0.2) is 0 Å². The molecule has 110 valence electrons. The van der Waals surface area contributed by atoms with E-state index < -0.39 is 12.1 Å². The number of nitrogens with one attached hydrogen (secondary N) is 2. The zero-order valence-corrected chi connectivity index (χ0v) is 12.4. The number of benzene rings is 2. The molecule has 0 spiro atoms. The summed E-state index contributed by atoms with van der Waals surface area (Å²) >= 11 is 0. The van der Waals surface area contributed by atoms with Gasteiger partial charge in [-0.2, -0.15) is 0 Å². The lowest BCUT2D eigenvalue weighted by molar-refractivity contribution is -0.120. The zero-order chi connectivity index (χ0) is 15.4. The maximum Gasteiger partial charge on any atom is 0.321 e. The Balaban J connectivity index is 2.18. The van der Waals surface area contributed by atoms with Crippen LogP contribution < -0.4 is 15.5 Å². The molecule has 5 heteroatoms. The fraction of sp³-hybridized carbons (Fsp3) is 0.250. The third kappa shape index (κ3) is 3.31. The van der Waals surface area contributed by atoms with E-state index >= 15 is 0 Å². The van der Waals surface area contributed by atoms with Crippen LogP contribution in [0, 0.1) is 0 Å². The van der Waals surface area contributed by atoms with Crippen molar-refractivity contribution in [3.8, 4) is 0 Å². The lowest BCUT2D eigenvalue weighted by atomic mass is 10.1. The maximum atomic E-state index is 12.0. The molecule has 0 bridgehead atoms. The summed E-state index contributed by atoms with van der Waals surface area (Å²) < 4.78 is 0. The van der Waals surface area contributed by atoms with Gasteiger partial charge in [-0.15, -0.1) is 0 Å². The van der Waals surface area contributed by atoms with E-state index in [1.54, 1.807) is 6.92 Å². The second-order valence-electron chi connectivity index (χ2n) is 4.89. The lowest BCUT2D eigenvalue weighted by Gasteiger charge is -2.26. The molecule has 0 fully saturated rings. The summed E-state index contributed by atoms with van der Waals surface area (Å²) in [4.78, 5) is 25.0. The summed E-state index contributed by atoms with van der Waals surface area (Å²) in [7, 11) is 3.30. The van der Waals surface area contributed by atoms with Crippen LogP contribution in [0.2, 0.25) is 0 Å². The summed E-state index contributed by atoms with van der Waals surface area (Å²) in [6.07, 6.45) is 0. The van der Waals surface area contributed by atoms with E-state index in [1.165, 1.54) is 7.05 Å². The predicted molar refractivity (Wildman–Crippen MR) is 84.4 cm³/mol. The summed E-state index contributed by atoms with van der Waals surface area (Å²) in [5.74, 6) is -0.343. The van der Waals surface area contributed by atoms with E-state index in [0.717, 1.165) is 16.5 Å². The van der Waals surface area contributed by atoms with E-state index in [0.29, 0.717) is 0 Å². The number of fused-ring (bicyclic) bond motifs is 1. The van der Waals surface area contributed by atoms with Crippen LogP contribution in [0.4, 0.5) is 10.5 Å². The predicted octanol–water partition coefficient (Wildman–Crippen LogP) is 2.12. The second kappa shape index (κ2) is 6.26. The first kappa shape index (κ1) is 14.8. The third-order valence-corrected chi connectivity index (χ3v) is 3.56. The molecule has 1 unspecified atom stereocenters. The molecule has 5 nitrogen and oxygen atoms in total. The highest BCUT2D eigenvalue weighted by Crippen LogP contribution is 2.22. The van der Waals surface area contributed by atoms with Gasteiger partial charge in [-0.3, -0.25) is 10.1 Å². The monoisotopic (exact) mass is 285 g/mol. The SMILES string of the molecule is CNC(=O)NC(=O)C(C)N(C)c1ccc2ccccc2c1. The van der Waals surface area contributed by atoms with Crippen molar-refractivity contribution in [2.75, 3.05) is 19.0 Å². The van der Waals surface area contributed by atoms with Gasteiger partial charge in [0.1, 0.15) is 6.04 Å². The number of hydrogen-bond donors (Lipinski definition) is 2. The Hall–Kier alpha value is -2.56. The Labute approximate surface area is 123 Å². The van der Waals surface area contributed by atoms with E-state index in [1.807, 2.05) is 54.4 Å². The molecule has 0 saturated carbocycles. The molecule has 2 N–H and O–H groups in total. The fourth-order valence-electron chi connectivity index (χ4n) is 2.07. The smallest absolute Gasteiger partial charge is 0.321 e. The molecular weight excluding hydrogens is 266 g/mol. The number of carbonyl (C=O) groups excluding carboxylic acids is 2. The van der Waals surface area contributed by atoms with Crippen LogP contribution >= 0.6 is 0 Å². The van der Waals surface area contributed by atoms with Gasteiger partial charge in [-0.25, -0.2) is 4.79 Å². The first-order valence-electron chi connectivity index (χ1n) is 6.77. The average molecular weight is 285 g/mol. The highest BCUT2D eigenvalue weighted by atomic mass is 16.2. The number of carbonyl (C=O) groups is 2. The quantitative estimate of drug-likeness (QED) is 0.908. The van der Waals surface area contributed by atoms with Gasteiger partial charge >= 0.3 is 6.03 Å². The Kier molecular flexibility index (Phi) is 4.42. The Bertz CT molecular complexity index is 669. The summed E-state index contributed by atoms with van der Waals surface area (Å²) in [5.41, 5.74) is 0.924. The number of amides is 3. The van der Waals surface area contributed by atoms with Crippen LogP contribution in [-0.4, -0.2) is 32.1 Å². The number of hydrogen-bond acceptors (Lipinski definition) is 3. The Morgan fingerprint density at radius 2 is 1.76 bits per heavy atom. The minimum absolute atomic E-state index is 0.343. The van der Waals surface area contributed by atoms with Crippen molar-refractivity contribution in [1.29, 1.82) is 0 Å². The number of anilines is 1. The first-order chi connectivity index (χ1) is 10.0. The van der Waals surface area contributed by atoms with Gasteiger partial charge < -0.3 is 10.2 Å². The highest BCUT2D eigenvalue weighted by molar-refractivity contribution is 5.98. The minimum atomic E-state index is -0.501. The van der Waals surface area contributed by atoms with Crippen molar-refractivity contribution in [1.82, 2.24) is 10.6 Å². The van der Waals surface area contributed by atoms with Crippen molar-refractivity contribution >= 4 is 28.4 Å². The molecule has 1 atom stereocenters. The third-order valence-electron chi connectivity index (χ3n) is 3.56. The van der Waals surface area contributed by atoms with Gasteiger partial charge in [0, 0.05) is 19.8 Å². The van der Waals surface area contributed by atoms with Crippen LogP contribution in [0.25, 0.3) is 10.8 Å². The maximum absolute atomic E-state index is 12.0. The normalized spacial score (nSPS) is 11.8. The van der Waals surface area contributed by atoms with Crippen molar-refractivity contribution in [3.63, 3.8) is 0 Å². The molecule has 0 heterocycles. The largest absolute Gasteiger partial charge is 0.363 e. The molecule has 0 aliphatic rings. The molecule has 21 heavy (non-hydrogen) atoms. The van der Waals surface area contributed by atoms with Crippen LogP contribution in [0.15, 0.2) is 42.5 Å². The molecule has 2 rings (SSSR count). The number of rotatable bonds is 3. The fourth-order valence-corrected chi connectivity index (χ4v) is 2.07. The van der Waals surface area contributed by atoms with E-state index in [2.05, 4.69) is 10.6 Å². The molecular formula is C16H19N3O2. The topological polar surface area (TPSA) is 61.4 Å². The van der Waals surface area contributed by atoms with E-state index in [9.17, 15) is 9.59 Å². The van der Waals surface area contributed by atoms with Crippen molar-refractivity contribution in [2.45, 2.75) is 13.0 Å². The summed E-state index contributed by atoms with van der Waals surface area (Å²) in [5, 5.41) is 6.91. The van der Waals surface area contributed by atoms with E-state index in [4.69, 9.17) is 0 Å². The summed E-state index contributed by atoms with van der Waals surface area (Å²) in [6, 6.07) is 13.1. The van der Waals surface area contributed by atoms with Crippen LogP contribution in [0.3, 0.4) is 0 Å². The highest BCUT2D eigenvalue weighted by Gasteiger charge is 2.20. The molecule has 2 aromatic rings. The molecule has 0 radical (unpaired) electrons. The number of nitrogens with zero attached hydrogens (tertiary/aromatic N) is 1. The molecule has 3 amide bonds. The first-order valence-corrected chi connectivity index (χ1v) is 6.77. The van der Waals surface area contributed by atoms with Gasteiger partial charge in [-0.05, 0) is 29.8 Å². The summed E-state index contributed by atoms with van der Waals surface area (Å²) in [6.45, 7) is 1.76. The van der Waals surface area contributed by atoms with Gasteiger partial charge in [-0.1, -0.05) is 30.3 Å². The molecule has 2 aromatic carbocycles. The van der Waals surface area contributed by atoms with Gasteiger partial charge in [0.25, 0.3) is 0 Å².